The number of likely N-dealkylation sites (tertiary alicyclic amines) is 1. The van der Waals surface area contributed by atoms with E-state index in [1.807, 2.05) is 24.0 Å². The number of halogens is 1. The Morgan fingerprint density at radius 1 is 1.29 bits per heavy atom. The lowest BCUT2D eigenvalue weighted by atomic mass is 10.1. The molecule has 0 aliphatic carbocycles. The summed E-state index contributed by atoms with van der Waals surface area (Å²) in [6.07, 6.45) is 1.11. The molecule has 3 rings (SSSR count). The topological polar surface area (TPSA) is 35.6 Å². The average Bonchev–Trinajstić information content (AvgIpc) is 3.00. The van der Waals surface area contributed by atoms with Gasteiger partial charge in [0, 0.05) is 48.9 Å². The number of carbonyl (C=O) groups excluding carboxylic acids is 1. The predicted molar refractivity (Wildman–Crippen MR) is 92.6 cm³/mol. The second-order valence-electron chi connectivity index (χ2n) is 5.96. The van der Waals surface area contributed by atoms with Gasteiger partial charge in [0.1, 0.15) is 0 Å². The Morgan fingerprint density at radius 2 is 2.05 bits per heavy atom. The van der Waals surface area contributed by atoms with E-state index in [4.69, 9.17) is 0 Å². The lowest BCUT2D eigenvalue weighted by Gasteiger charge is -2.32. The monoisotopic (exact) mass is 399 g/mol. The van der Waals surface area contributed by atoms with Gasteiger partial charge in [-0.05, 0) is 48.1 Å². The first-order valence-electron chi connectivity index (χ1n) is 7.65. The van der Waals surface area contributed by atoms with Crippen LogP contribution in [0.1, 0.15) is 22.3 Å². The van der Waals surface area contributed by atoms with E-state index >= 15 is 0 Å². The van der Waals surface area contributed by atoms with Crippen LogP contribution in [0.5, 0.6) is 0 Å². The quantitative estimate of drug-likeness (QED) is 0.770. The standard InChI is InChI=1S/C16H22IN3O/c1-12-2-3-15(17)14(10-12)16(21)20-7-4-13(11-20)19-8-5-18-6-9-19/h2-3,10,13,18H,4-9,11H2,1H3. The van der Waals surface area contributed by atoms with E-state index in [0.29, 0.717) is 6.04 Å². The third-order valence-corrected chi connectivity index (χ3v) is 5.41. The van der Waals surface area contributed by atoms with Crippen molar-refractivity contribution in [3.63, 3.8) is 0 Å². The van der Waals surface area contributed by atoms with Gasteiger partial charge in [0.15, 0.2) is 0 Å². The molecule has 114 valence electrons. The zero-order valence-electron chi connectivity index (χ0n) is 12.4. The van der Waals surface area contributed by atoms with Gasteiger partial charge in [-0.15, -0.1) is 0 Å². The van der Waals surface area contributed by atoms with Crippen molar-refractivity contribution < 1.29 is 4.79 Å². The fourth-order valence-electron chi connectivity index (χ4n) is 3.24. The maximum absolute atomic E-state index is 12.7. The molecule has 1 aromatic rings. The molecule has 1 aromatic carbocycles. The van der Waals surface area contributed by atoms with Crippen LogP contribution in [0.3, 0.4) is 0 Å². The fraction of sp³-hybridized carbons (Fsp3) is 0.562. The highest BCUT2D eigenvalue weighted by molar-refractivity contribution is 14.1. The first-order chi connectivity index (χ1) is 10.1. The summed E-state index contributed by atoms with van der Waals surface area (Å²) in [5.41, 5.74) is 2.01. The molecule has 1 atom stereocenters. The number of benzene rings is 1. The zero-order valence-corrected chi connectivity index (χ0v) is 14.6. The number of hydrogen-bond donors (Lipinski definition) is 1. The second kappa shape index (κ2) is 6.62. The lowest BCUT2D eigenvalue weighted by molar-refractivity contribution is 0.0772. The van der Waals surface area contributed by atoms with Crippen LogP contribution < -0.4 is 5.32 Å². The Labute approximate surface area is 140 Å². The van der Waals surface area contributed by atoms with Crippen molar-refractivity contribution in [1.29, 1.82) is 0 Å². The van der Waals surface area contributed by atoms with Gasteiger partial charge in [-0.1, -0.05) is 11.6 Å². The van der Waals surface area contributed by atoms with E-state index in [2.05, 4.69) is 38.9 Å². The van der Waals surface area contributed by atoms with Crippen molar-refractivity contribution in [2.24, 2.45) is 0 Å². The SMILES string of the molecule is Cc1ccc(I)c(C(=O)N2CCC(N3CCNCC3)C2)c1. The van der Waals surface area contributed by atoms with Crippen molar-refractivity contribution in [3.05, 3.63) is 32.9 Å². The molecule has 1 N–H and O–H groups in total. The molecule has 0 bridgehead atoms. The van der Waals surface area contributed by atoms with Crippen molar-refractivity contribution in [2.75, 3.05) is 39.3 Å². The summed E-state index contributed by atoms with van der Waals surface area (Å²) in [4.78, 5) is 17.3. The predicted octanol–water partition coefficient (Wildman–Crippen LogP) is 1.72. The average molecular weight is 399 g/mol. The molecule has 4 nitrogen and oxygen atoms in total. The van der Waals surface area contributed by atoms with Crippen LogP contribution in [0.2, 0.25) is 0 Å². The normalized spacial score (nSPS) is 23.5. The lowest BCUT2D eigenvalue weighted by Crippen LogP contribution is -2.49. The summed E-state index contributed by atoms with van der Waals surface area (Å²) in [5, 5.41) is 3.39. The molecule has 1 unspecified atom stereocenters. The van der Waals surface area contributed by atoms with E-state index in [1.165, 1.54) is 0 Å². The van der Waals surface area contributed by atoms with Crippen LogP contribution in [-0.2, 0) is 0 Å². The van der Waals surface area contributed by atoms with Crippen LogP contribution in [0.25, 0.3) is 0 Å². The van der Waals surface area contributed by atoms with Gasteiger partial charge in [-0.25, -0.2) is 0 Å². The van der Waals surface area contributed by atoms with Crippen molar-refractivity contribution in [2.45, 2.75) is 19.4 Å². The van der Waals surface area contributed by atoms with E-state index in [1.54, 1.807) is 0 Å². The van der Waals surface area contributed by atoms with Crippen LogP contribution in [-0.4, -0.2) is 61.0 Å². The summed E-state index contributed by atoms with van der Waals surface area (Å²) in [5.74, 6) is 0.195. The molecule has 0 aromatic heterocycles. The van der Waals surface area contributed by atoms with Gasteiger partial charge in [0.2, 0.25) is 0 Å². The summed E-state index contributed by atoms with van der Waals surface area (Å²) in [7, 11) is 0. The third kappa shape index (κ3) is 3.40. The molecule has 2 aliphatic rings. The van der Waals surface area contributed by atoms with E-state index in [9.17, 15) is 4.79 Å². The molecule has 0 radical (unpaired) electrons. The van der Waals surface area contributed by atoms with Crippen molar-refractivity contribution in [1.82, 2.24) is 15.1 Å². The van der Waals surface area contributed by atoms with E-state index in [0.717, 1.165) is 60.4 Å². The Kier molecular flexibility index (Phi) is 4.81. The number of rotatable bonds is 2. The van der Waals surface area contributed by atoms with Gasteiger partial charge < -0.3 is 10.2 Å². The molecular weight excluding hydrogens is 377 g/mol. The molecule has 21 heavy (non-hydrogen) atoms. The minimum atomic E-state index is 0.195. The molecule has 5 heteroatoms. The minimum Gasteiger partial charge on any atom is -0.337 e. The fourth-order valence-corrected chi connectivity index (χ4v) is 3.81. The molecule has 0 saturated carbocycles. The highest BCUT2D eigenvalue weighted by Crippen LogP contribution is 2.21. The van der Waals surface area contributed by atoms with E-state index < -0.39 is 0 Å². The molecule has 2 saturated heterocycles. The summed E-state index contributed by atoms with van der Waals surface area (Å²) >= 11 is 2.26. The number of amides is 1. The van der Waals surface area contributed by atoms with Gasteiger partial charge in [-0.2, -0.15) is 0 Å². The number of carbonyl (C=O) groups is 1. The first-order valence-corrected chi connectivity index (χ1v) is 8.73. The van der Waals surface area contributed by atoms with Crippen LogP contribution in [0.4, 0.5) is 0 Å². The van der Waals surface area contributed by atoms with Gasteiger partial charge in [0.05, 0.1) is 5.56 Å². The highest BCUT2D eigenvalue weighted by atomic mass is 127. The smallest absolute Gasteiger partial charge is 0.254 e. The van der Waals surface area contributed by atoms with Crippen molar-refractivity contribution in [3.8, 4) is 0 Å². The minimum absolute atomic E-state index is 0.195. The van der Waals surface area contributed by atoms with Gasteiger partial charge in [-0.3, -0.25) is 9.69 Å². The Morgan fingerprint density at radius 3 is 2.81 bits per heavy atom. The number of nitrogens with zero attached hydrogens (tertiary/aromatic N) is 2. The Bertz CT molecular complexity index is 528. The largest absolute Gasteiger partial charge is 0.337 e. The number of hydrogen-bond acceptors (Lipinski definition) is 3. The second-order valence-corrected chi connectivity index (χ2v) is 7.13. The maximum atomic E-state index is 12.7. The molecule has 1 amide bonds. The number of nitrogens with one attached hydrogen (secondary N) is 1. The van der Waals surface area contributed by atoms with E-state index in [-0.39, 0.29) is 5.91 Å². The maximum Gasteiger partial charge on any atom is 0.254 e. The molecule has 2 fully saturated rings. The van der Waals surface area contributed by atoms with Gasteiger partial charge in [0.25, 0.3) is 5.91 Å². The van der Waals surface area contributed by atoms with Crippen LogP contribution in [0.15, 0.2) is 18.2 Å². The zero-order chi connectivity index (χ0) is 14.8. The Balaban J connectivity index is 1.67. The molecule has 2 heterocycles. The summed E-state index contributed by atoms with van der Waals surface area (Å²) in [6, 6.07) is 6.65. The van der Waals surface area contributed by atoms with Crippen molar-refractivity contribution >= 4 is 28.5 Å². The summed E-state index contributed by atoms with van der Waals surface area (Å²) in [6.45, 7) is 8.16. The molecule has 0 spiro atoms. The molecular formula is C16H22IN3O. The molecule has 2 aliphatic heterocycles. The van der Waals surface area contributed by atoms with Gasteiger partial charge >= 0.3 is 0 Å². The number of aryl methyl sites for hydroxylation is 1. The van der Waals surface area contributed by atoms with Crippen LogP contribution in [0, 0.1) is 10.5 Å². The first kappa shape index (κ1) is 15.2. The number of piperazine rings is 1. The highest BCUT2D eigenvalue weighted by Gasteiger charge is 2.31. The summed E-state index contributed by atoms with van der Waals surface area (Å²) < 4.78 is 1.05. The Hall–Kier alpha value is -0.660. The third-order valence-electron chi connectivity index (χ3n) is 4.47. The van der Waals surface area contributed by atoms with Crippen LogP contribution >= 0.6 is 22.6 Å².